The lowest BCUT2D eigenvalue weighted by Gasteiger charge is -2.18. The Hall–Kier alpha value is -1.00. The summed E-state index contributed by atoms with van der Waals surface area (Å²) < 4.78 is 25.3. The van der Waals surface area contributed by atoms with Gasteiger partial charge in [0, 0.05) is 13.1 Å². The van der Waals surface area contributed by atoms with Crippen LogP contribution in [0.5, 0.6) is 0 Å². The second kappa shape index (κ2) is 6.44. The Balaban J connectivity index is 3.17. The quantitative estimate of drug-likeness (QED) is 0.638. The molecule has 0 bridgehead atoms. The lowest BCUT2D eigenvalue weighted by atomic mass is 10.3. The fourth-order valence-electron chi connectivity index (χ4n) is 1.49. The van der Waals surface area contributed by atoms with Gasteiger partial charge in [0.05, 0.1) is 13.2 Å². The van der Waals surface area contributed by atoms with Crippen LogP contribution in [0, 0.1) is 6.92 Å². The molecule has 0 spiro atoms. The van der Waals surface area contributed by atoms with E-state index in [0.717, 1.165) is 4.31 Å². The van der Waals surface area contributed by atoms with Crippen LogP contribution in [0.4, 0.5) is 0 Å². The maximum absolute atomic E-state index is 12.2. The molecule has 0 aromatic carbocycles. The monoisotopic (exact) mass is 309 g/mol. The molecule has 0 unspecified atom stereocenters. The van der Waals surface area contributed by atoms with Gasteiger partial charge in [0.15, 0.2) is 0 Å². The van der Waals surface area contributed by atoms with Gasteiger partial charge in [0.2, 0.25) is 0 Å². The van der Waals surface area contributed by atoms with Gasteiger partial charge in [-0.25, -0.2) is 13.2 Å². The number of aryl methyl sites for hydroxylation is 1. The van der Waals surface area contributed by atoms with Crippen molar-refractivity contribution in [3.8, 4) is 0 Å². The lowest BCUT2D eigenvalue weighted by molar-refractivity contribution is 0.0701. The van der Waals surface area contributed by atoms with Crippen molar-refractivity contribution in [1.29, 1.82) is 0 Å². The van der Waals surface area contributed by atoms with E-state index in [1.165, 1.54) is 13.0 Å². The largest absolute Gasteiger partial charge is 0.477 e. The average Bonchev–Trinajstić information content (AvgIpc) is 2.72. The molecule has 7 nitrogen and oxygen atoms in total. The molecular formula is C10H15NO6S2. The molecule has 0 atom stereocenters. The zero-order chi connectivity index (χ0) is 14.6. The Labute approximate surface area is 114 Å². The summed E-state index contributed by atoms with van der Waals surface area (Å²) in [5.41, 5.74) is 0.365. The summed E-state index contributed by atoms with van der Waals surface area (Å²) in [5, 5.41) is 26.6. The number of aromatic carboxylic acids is 1. The first-order valence-electron chi connectivity index (χ1n) is 5.40. The van der Waals surface area contributed by atoms with Gasteiger partial charge < -0.3 is 15.3 Å². The molecule has 0 saturated carbocycles. The highest BCUT2D eigenvalue weighted by atomic mass is 32.2. The molecule has 1 aromatic heterocycles. The van der Waals surface area contributed by atoms with E-state index < -0.39 is 16.0 Å². The Morgan fingerprint density at radius 1 is 1.32 bits per heavy atom. The molecule has 0 aliphatic heterocycles. The number of sulfonamides is 1. The van der Waals surface area contributed by atoms with E-state index in [1.807, 2.05) is 0 Å². The van der Waals surface area contributed by atoms with E-state index in [0.29, 0.717) is 16.9 Å². The molecule has 0 aliphatic carbocycles. The Bertz CT molecular complexity index is 544. The maximum atomic E-state index is 12.2. The van der Waals surface area contributed by atoms with Crippen LogP contribution in [0.2, 0.25) is 0 Å². The third-order valence-corrected chi connectivity index (χ3v) is 5.96. The normalized spacial score (nSPS) is 12.0. The van der Waals surface area contributed by atoms with Crippen molar-refractivity contribution in [3.63, 3.8) is 0 Å². The second-order valence-electron chi connectivity index (χ2n) is 3.73. The van der Waals surface area contributed by atoms with Gasteiger partial charge >= 0.3 is 5.97 Å². The fourth-order valence-corrected chi connectivity index (χ4v) is 4.45. The minimum Gasteiger partial charge on any atom is -0.477 e. The predicted molar refractivity (Wildman–Crippen MR) is 68.9 cm³/mol. The highest BCUT2D eigenvalue weighted by Crippen LogP contribution is 2.28. The lowest BCUT2D eigenvalue weighted by Crippen LogP contribution is -2.35. The Kier molecular flexibility index (Phi) is 5.44. The van der Waals surface area contributed by atoms with Crippen LogP contribution in [-0.4, -0.2) is 60.3 Å². The number of aliphatic hydroxyl groups excluding tert-OH is 2. The van der Waals surface area contributed by atoms with Crippen molar-refractivity contribution in [3.05, 3.63) is 16.5 Å². The number of hydrogen-bond donors (Lipinski definition) is 3. The van der Waals surface area contributed by atoms with Crippen LogP contribution in [0.1, 0.15) is 15.2 Å². The molecule has 108 valence electrons. The van der Waals surface area contributed by atoms with Crippen LogP contribution in [0.25, 0.3) is 0 Å². The number of carboxylic acids is 1. The van der Waals surface area contributed by atoms with Crippen LogP contribution in [0.3, 0.4) is 0 Å². The summed E-state index contributed by atoms with van der Waals surface area (Å²) in [4.78, 5) is 10.9. The number of carbonyl (C=O) groups is 1. The Morgan fingerprint density at radius 2 is 1.84 bits per heavy atom. The van der Waals surface area contributed by atoms with Crippen LogP contribution >= 0.6 is 11.3 Å². The van der Waals surface area contributed by atoms with E-state index in [-0.39, 0.29) is 35.4 Å². The molecule has 1 rings (SSSR count). The first-order chi connectivity index (χ1) is 8.84. The number of hydrogen-bond acceptors (Lipinski definition) is 6. The van der Waals surface area contributed by atoms with Gasteiger partial charge in [-0.15, -0.1) is 11.3 Å². The second-order valence-corrected chi connectivity index (χ2v) is 6.95. The van der Waals surface area contributed by atoms with Crippen LogP contribution in [-0.2, 0) is 10.0 Å². The van der Waals surface area contributed by atoms with Crippen LogP contribution < -0.4 is 0 Å². The van der Waals surface area contributed by atoms with E-state index in [1.54, 1.807) is 0 Å². The third-order valence-electron chi connectivity index (χ3n) is 2.38. The highest BCUT2D eigenvalue weighted by molar-refractivity contribution is 7.91. The summed E-state index contributed by atoms with van der Waals surface area (Å²) in [6.45, 7) is 0.455. The number of rotatable bonds is 7. The minimum atomic E-state index is -3.89. The van der Waals surface area contributed by atoms with E-state index in [2.05, 4.69) is 0 Å². The van der Waals surface area contributed by atoms with Gasteiger partial charge in [-0.3, -0.25) is 0 Å². The van der Waals surface area contributed by atoms with Crippen molar-refractivity contribution < 1.29 is 28.5 Å². The molecule has 0 radical (unpaired) electrons. The topological polar surface area (TPSA) is 115 Å². The van der Waals surface area contributed by atoms with Gasteiger partial charge in [-0.1, -0.05) is 0 Å². The fraction of sp³-hybridized carbons (Fsp3) is 0.500. The molecule has 9 heteroatoms. The summed E-state index contributed by atoms with van der Waals surface area (Å²) in [6, 6.07) is 1.28. The SMILES string of the molecule is Cc1cc(S(=O)(=O)N(CCO)CCO)sc1C(=O)O. The molecule has 19 heavy (non-hydrogen) atoms. The van der Waals surface area contributed by atoms with Crippen molar-refractivity contribution in [2.24, 2.45) is 0 Å². The predicted octanol–water partition coefficient (Wildman–Crippen LogP) is -0.270. The first kappa shape index (κ1) is 16.1. The summed E-state index contributed by atoms with van der Waals surface area (Å²) in [5.74, 6) is -1.18. The number of aliphatic hydroxyl groups is 2. The summed E-state index contributed by atoms with van der Waals surface area (Å²) in [6.07, 6.45) is 0. The average molecular weight is 309 g/mol. The smallest absolute Gasteiger partial charge is 0.346 e. The molecule has 0 amide bonds. The van der Waals surface area contributed by atoms with Crippen molar-refractivity contribution in [1.82, 2.24) is 4.31 Å². The number of carboxylic acid groups (broad SMARTS) is 1. The molecule has 0 saturated heterocycles. The van der Waals surface area contributed by atoms with E-state index in [9.17, 15) is 13.2 Å². The Morgan fingerprint density at radius 3 is 2.21 bits per heavy atom. The van der Waals surface area contributed by atoms with Crippen molar-refractivity contribution in [2.75, 3.05) is 26.3 Å². The van der Waals surface area contributed by atoms with Crippen molar-refractivity contribution in [2.45, 2.75) is 11.1 Å². The molecule has 3 N–H and O–H groups in total. The van der Waals surface area contributed by atoms with Gasteiger partial charge in [0.25, 0.3) is 10.0 Å². The molecule has 0 fully saturated rings. The summed E-state index contributed by atoms with van der Waals surface area (Å²) in [7, 11) is -3.89. The summed E-state index contributed by atoms with van der Waals surface area (Å²) >= 11 is 0.662. The van der Waals surface area contributed by atoms with Gasteiger partial charge in [0.1, 0.15) is 9.09 Å². The third kappa shape index (κ3) is 3.51. The van der Waals surface area contributed by atoms with Gasteiger partial charge in [-0.05, 0) is 18.6 Å². The standard InChI is InChI=1S/C10H15NO6S2/c1-7-6-8(18-9(7)10(14)15)19(16,17)11(2-4-12)3-5-13/h6,12-13H,2-5H2,1H3,(H,14,15). The molecule has 0 aliphatic rings. The van der Waals surface area contributed by atoms with Gasteiger partial charge in [-0.2, -0.15) is 4.31 Å². The van der Waals surface area contributed by atoms with E-state index >= 15 is 0 Å². The molecular weight excluding hydrogens is 294 g/mol. The van der Waals surface area contributed by atoms with Crippen LogP contribution in [0.15, 0.2) is 10.3 Å². The maximum Gasteiger partial charge on any atom is 0.346 e. The molecule has 1 heterocycles. The highest BCUT2D eigenvalue weighted by Gasteiger charge is 2.27. The number of nitrogens with zero attached hydrogens (tertiary/aromatic N) is 1. The first-order valence-corrected chi connectivity index (χ1v) is 7.65. The minimum absolute atomic E-state index is 0.0356. The van der Waals surface area contributed by atoms with E-state index in [4.69, 9.17) is 15.3 Å². The number of thiophene rings is 1. The van der Waals surface area contributed by atoms with Crippen molar-refractivity contribution >= 4 is 27.3 Å². The zero-order valence-electron chi connectivity index (χ0n) is 10.2. The molecule has 1 aromatic rings. The zero-order valence-corrected chi connectivity index (χ0v) is 11.9.